The Morgan fingerprint density at radius 1 is 1.19 bits per heavy atom. The molecule has 2 heterocycles. The van der Waals surface area contributed by atoms with Crippen molar-refractivity contribution in [2.45, 2.75) is 33.2 Å². The average molecular weight is 538 g/mol. The molecule has 3 N–H and O–H groups in total. The van der Waals surface area contributed by atoms with Gasteiger partial charge >= 0.3 is 6.09 Å². The molecule has 0 saturated heterocycles. The quantitative estimate of drug-likeness (QED) is 0.314. The molecule has 1 aromatic carbocycles. The highest BCUT2D eigenvalue weighted by Crippen LogP contribution is 2.37. The number of sulfonamides is 1. The van der Waals surface area contributed by atoms with Crippen LogP contribution in [0.1, 0.15) is 33.2 Å². The van der Waals surface area contributed by atoms with Gasteiger partial charge in [0.25, 0.3) is 0 Å². The molecular weight excluding hydrogens is 508 g/mol. The van der Waals surface area contributed by atoms with Crippen LogP contribution in [0.2, 0.25) is 0 Å². The summed E-state index contributed by atoms with van der Waals surface area (Å²) >= 11 is 0. The van der Waals surface area contributed by atoms with Gasteiger partial charge in [0.05, 0.1) is 29.8 Å². The largest absolute Gasteiger partial charge is 0.453 e. The predicted octanol–water partition coefficient (Wildman–Crippen LogP) is 3.79. The third-order valence-electron chi connectivity index (χ3n) is 5.12. The Morgan fingerprint density at radius 3 is 2.62 bits per heavy atom. The number of nitrogens with zero attached hydrogens (tertiary/aromatic N) is 4. The summed E-state index contributed by atoms with van der Waals surface area (Å²) in [6, 6.07) is 3.44. The van der Waals surface area contributed by atoms with Gasteiger partial charge in [0.2, 0.25) is 16.0 Å². The Hall–Kier alpha value is -3.81. The van der Waals surface area contributed by atoms with E-state index in [4.69, 9.17) is 0 Å². The van der Waals surface area contributed by atoms with Gasteiger partial charge in [0.1, 0.15) is 11.5 Å². The van der Waals surface area contributed by atoms with Crippen molar-refractivity contribution in [2.75, 3.05) is 36.0 Å². The second-order valence-corrected chi connectivity index (χ2v) is 10.1. The number of carbonyl (C=O) groups excluding carboxylic acids is 1. The number of anilines is 2. The van der Waals surface area contributed by atoms with Gasteiger partial charge in [-0.05, 0) is 38.5 Å². The van der Waals surface area contributed by atoms with Gasteiger partial charge < -0.3 is 15.4 Å². The fourth-order valence-electron chi connectivity index (χ4n) is 3.37. The van der Waals surface area contributed by atoms with Gasteiger partial charge in [-0.25, -0.2) is 32.0 Å². The molecule has 0 unspecified atom stereocenters. The van der Waals surface area contributed by atoms with Crippen molar-refractivity contribution >= 4 is 27.8 Å². The number of benzene rings is 1. The van der Waals surface area contributed by atoms with Crippen LogP contribution in [-0.4, -0.2) is 60.2 Å². The topological polar surface area (TPSA) is 140 Å². The van der Waals surface area contributed by atoms with Crippen molar-refractivity contribution in [2.24, 2.45) is 0 Å². The molecule has 0 aliphatic heterocycles. The number of hydrogen-bond acceptors (Lipinski definition) is 8. The summed E-state index contributed by atoms with van der Waals surface area (Å²) in [5.41, 5.74) is -0.258. The van der Waals surface area contributed by atoms with Gasteiger partial charge in [0.15, 0.2) is 5.82 Å². The molecule has 0 saturated carbocycles. The first-order valence-corrected chi connectivity index (χ1v) is 13.2. The maximum Gasteiger partial charge on any atom is 0.406 e. The Bertz CT molecular complexity index is 1360. The summed E-state index contributed by atoms with van der Waals surface area (Å²) in [6.07, 6.45) is 2.83. The molecule has 3 rings (SSSR count). The summed E-state index contributed by atoms with van der Waals surface area (Å²) in [6.45, 7) is 5.92. The van der Waals surface area contributed by atoms with E-state index in [-0.39, 0.29) is 35.7 Å². The third-order valence-corrected chi connectivity index (χ3v) is 6.60. The van der Waals surface area contributed by atoms with Gasteiger partial charge in [-0.3, -0.25) is 9.40 Å². The SMILES string of the molecule is CCCS(=O)(=O)Nc1ccc(F)c(-c2nn(C(C)C)cc2-c2ccnc(NCCNC(=O)OC)n2)c1F. The zero-order chi connectivity index (χ0) is 27.2. The highest BCUT2D eigenvalue weighted by atomic mass is 32.2. The molecule has 0 radical (unpaired) electrons. The lowest BCUT2D eigenvalue weighted by Crippen LogP contribution is -2.28. The number of hydrogen-bond donors (Lipinski definition) is 3. The first-order valence-electron chi connectivity index (χ1n) is 11.5. The van der Waals surface area contributed by atoms with E-state index < -0.39 is 33.3 Å². The van der Waals surface area contributed by atoms with E-state index in [1.165, 1.54) is 18.0 Å². The summed E-state index contributed by atoms with van der Waals surface area (Å²) in [5.74, 6) is -1.99. The van der Waals surface area contributed by atoms with E-state index in [0.717, 1.165) is 12.1 Å². The number of rotatable bonds is 11. The summed E-state index contributed by atoms with van der Waals surface area (Å²) in [7, 11) is -2.56. The van der Waals surface area contributed by atoms with E-state index in [2.05, 4.69) is 35.2 Å². The first-order chi connectivity index (χ1) is 17.6. The van der Waals surface area contributed by atoms with E-state index >= 15 is 8.78 Å². The summed E-state index contributed by atoms with van der Waals surface area (Å²) in [4.78, 5) is 19.7. The number of nitrogens with one attached hydrogen (secondary N) is 3. The molecule has 11 nitrogen and oxygen atoms in total. The van der Waals surface area contributed by atoms with Gasteiger partial charge in [-0.1, -0.05) is 6.92 Å². The molecule has 0 bridgehead atoms. The van der Waals surface area contributed by atoms with E-state index in [1.807, 2.05) is 13.8 Å². The van der Waals surface area contributed by atoms with Crippen molar-refractivity contribution < 1.29 is 26.7 Å². The van der Waals surface area contributed by atoms with Gasteiger partial charge in [-0.2, -0.15) is 5.10 Å². The highest BCUT2D eigenvalue weighted by Gasteiger charge is 2.25. The lowest BCUT2D eigenvalue weighted by Gasteiger charge is -2.12. The van der Waals surface area contributed by atoms with Crippen molar-refractivity contribution in [3.63, 3.8) is 0 Å². The Morgan fingerprint density at radius 2 is 1.95 bits per heavy atom. The average Bonchev–Trinajstić information content (AvgIpc) is 3.29. The van der Waals surface area contributed by atoms with Crippen LogP contribution in [0.4, 0.5) is 25.2 Å². The van der Waals surface area contributed by atoms with Crippen LogP contribution in [0, 0.1) is 11.6 Å². The zero-order valence-electron chi connectivity index (χ0n) is 20.9. The maximum atomic E-state index is 15.6. The standard InChI is InChI=1S/C23H29F2N7O4S/c1-5-12-37(34,35)31-18-7-6-16(24)19(20(18)25)21-15(13-32(30-21)14(2)3)17-8-9-26-22(29-17)27-10-11-28-23(33)36-4/h6-9,13-14,31H,5,10-12H2,1-4H3,(H,28,33)(H,26,27,29). The molecule has 14 heteroatoms. The van der Waals surface area contributed by atoms with Crippen LogP contribution >= 0.6 is 0 Å². The molecule has 3 aromatic rings. The van der Waals surface area contributed by atoms with Crippen molar-refractivity contribution in [3.05, 3.63) is 42.2 Å². The number of ether oxygens (including phenoxy) is 1. The third kappa shape index (κ3) is 6.90. The predicted molar refractivity (Wildman–Crippen MR) is 136 cm³/mol. The molecule has 0 spiro atoms. The first kappa shape index (κ1) is 27.8. The van der Waals surface area contributed by atoms with Crippen LogP contribution in [0.25, 0.3) is 22.5 Å². The number of alkyl carbamates (subject to hydrolysis) is 1. The van der Waals surface area contributed by atoms with Crippen LogP contribution in [-0.2, 0) is 14.8 Å². The molecule has 1 amide bonds. The smallest absolute Gasteiger partial charge is 0.406 e. The Labute approximate surface area is 213 Å². The van der Waals surface area contributed by atoms with Crippen LogP contribution in [0.5, 0.6) is 0 Å². The van der Waals surface area contributed by atoms with E-state index in [0.29, 0.717) is 24.2 Å². The number of aromatic nitrogens is 4. The molecule has 0 aliphatic rings. The monoisotopic (exact) mass is 537 g/mol. The van der Waals surface area contributed by atoms with Crippen LogP contribution < -0.4 is 15.4 Å². The molecule has 37 heavy (non-hydrogen) atoms. The van der Waals surface area contributed by atoms with Crippen molar-refractivity contribution in [3.8, 4) is 22.5 Å². The maximum absolute atomic E-state index is 15.6. The van der Waals surface area contributed by atoms with Crippen molar-refractivity contribution in [1.82, 2.24) is 25.1 Å². The minimum absolute atomic E-state index is 0.0442. The second kappa shape index (κ2) is 12.0. The highest BCUT2D eigenvalue weighted by molar-refractivity contribution is 7.92. The molecule has 0 atom stereocenters. The number of amides is 1. The molecule has 0 aliphatic carbocycles. The van der Waals surface area contributed by atoms with Crippen molar-refractivity contribution in [1.29, 1.82) is 0 Å². The van der Waals surface area contributed by atoms with E-state index in [9.17, 15) is 13.2 Å². The van der Waals surface area contributed by atoms with Gasteiger partial charge in [-0.15, -0.1) is 0 Å². The Kier molecular flexibility index (Phi) is 8.97. The fraction of sp³-hybridized carbons (Fsp3) is 0.391. The molecule has 200 valence electrons. The van der Waals surface area contributed by atoms with Gasteiger partial charge in [0, 0.05) is 37.1 Å². The van der Waals surface area contributed by atoms with Crippen LogP contribution in [0.3, 0.4) is 0 Å². The minimum atomic E-state index is -3.81. The summed E-state index contributed by atoms with van der Waals surface area (Å²) in [5, 5.41) is 9.86. The second-order valence-electron chi connectivity index (χ2n) is 8.28. The minimum Gasteiger partial charge on any atom is -0.453 e. The van der Waals surface area contributed by atoms with E-state index in [1.54, 1.807) is 19.2 Å². The summed E-state index contributed by atoms with van der Waals surface area (Å²) < 4.78 is 63.3. The number of carbonyl (C=O) groups is 1. The Balaban J connectivity index is 2.02. The zero-order valence-corrected chi connectivity index (χ0v) is 21.7. The fourth-order valence-corrected chi connectivity index (χ4v) is 4.50. The molecule has 2 aromatic heterocycles. The number of methoxy groups -OCH3 is 1. The normalized spacial score (nSPS) is 11.4. The molecule has 0 fully saturated rings. The lowest BCUT2D eigenvalue weighted by molar-refractivity contribution is 0.171. The molecular formula is C23H29F2N7O4S. The number of halogens is 2. The lowest BCUT2D eigenvalue weighted by atomic mass is 10.0. The van der Waals surface area contributed by atoms with Crippen LogP contribution in [0.15, 0.2) is 30.6 Å².